The smallest absolute Gasteiger partial charge is 0.240 e. The highest BCUT2D eigenvalue weighted by atomic mass is 32.2. The zero-order valence-corrected chi connectivity index (χ0v) is 15.4. The maximum Gasteiger partial charge on any atom is 0.240 e. The molecule has 136 valence electrons. The Morgan fingerprint density at radius 1 is 1.32 bits per heavy atom. The molecular formula is C18H25N3O3S. The van der Waals surface area contributed by atoms with Gasteiger partial charge >= 0.3 is 0 Å². The van der Waals surface area contributed by atoms with Gasteiger partial charge in [0, 0.05) is 31.1 Å². The molecular weight excluding hydrogens is 338 g/mol. The largest absolute Gasteiger partial charge is 0.379 e. The number of hydrogen-bond acceptors (Lipinski definition) is 5. The van der Waals surface area contributed by atoms with E-state index in [2.05, 4.69) is 10.2 Å². The van der Waals surface area contributed by atoms with Gasteiger partial charge in [-0.15, -0.1) is 11.8 Å². The third-order valence-corrected chi connectivity index (χ3v) is 5.91. The van der Waals surface area contributed by atoms with Crippen molar-refractivity contribution in [3.8, 4) is 0 Å². The van der Waals surface area contributed by atoms with E-state index in [0.717, 1.165) is 49.9 Å². The third kappa shape index (κ3) is 4.54. The van der Waals surface area contributed by atoms with Gasteiger partial charge in [-0.1, -0.05) is 19.1 Å². The van der Waals surface area contributed by atoms with Crippen molar-refractivity contribution in [2.75, 3.05) is 50.8 Å². The summed E-state index contributed by atoms with van der Waals surface area (Å²) in [4.78, 5) is 30.0. The van der Waals surface area contributed by atoms with Gasteiger partial charge in [0.25, 0.3) is 0 Å². The fourth-order valence-electron chi connectivity index (χ4n) is 3.07. The lowest BCUT2D eigenvalue weighted by atomic mass is 10.2. The summed E-state index contributed by atoms with van der Waals surface area (Å²) in [5.41, 5.74) is 0.838. The highest BCUT2D eigenvalue weighted by molar-refractivity contribution is 8.01. The summed E-state index contributed by atoms with van der Waals surface area (Å²) in [7, 11) is 0. The van der Waals surface area contributed by atoms with Gasteiger partial charge in [-0.3, -0.25) is 14.5 Å². The number of amides is 2. The van der Waals surface area contributed by atoms with E-state index in [1.807, 2.05) is 31.2 Å². The molecule has 1 unspecified atom stereocenters. The summed E-state index contributed by atoms with van der Waals surface area (Å²) in [5.74, 6) is -0.0901. The van der Waals surface area contributed by atoms with Crippen LogP contribution in [0.15, 0.2) is 29.2 Å². The van der Waals surface area contributed by atoms with Crippen LogP contribution in [0.25, 0.3) is 0 Å². The van der Waals surface area contributed by atoms with Crippen LogP contribution in [0.2, 0.25) is 0 Å². The van der Waals surface area contributed by atoms with Crippen molar-refractivity contribution in [1.29, 1.82) is 0 Å². The maximum atomic E-state index is 12.7. The molecule has 0 aliphatic carbocycles. The number of benzene rings is 1. The molecule has 2 amide bonds. The van der Waals surface area contributed by atoms with E-state index < -0.39 is 0 Å². The number of nitrogens with zero attached hydrogens (tertiary/aromatic N) is 2. The van der Waals surface area contributed by atoms with E-state index in [9.17, 15) is 9.59 Å². The summed E-state index contributed by atoms with van der Waals surface area (Å²) in [6.45, 7) is 6.81. The van der Waals surface area contributed by atoms with Gasteiger partial charge in [-0.25, -0.2) is 0 Å². The van der Waals surface area contributed by atoms with Crippen LogP contribution in [-0.4, -0.2) is 67.9 Å². The molecule has 0 spiro atoms. The van der Waals surface area contributed by atoms with Crippen molar-refractivity contribution in [2.24, 2.45) is 0 Å². The number of carbonyl (C=O) groups is 2. The number of rotatable bonds is 6. The van der Waals surface area contributed by atoms with E-state index in [-0.39, 0.29) is 23.6 Å². The second-order valence-corrected chi connectivity index (χ2v) is 7.46. The summed E-state index contributed by atoms with van der Waals surface area (Å²) in [6, 6.07) is 7.79. The van der Waals surface area contributed by atoms with Crippen molar-refractivity contribution in [2.45, 2.75) is 23.5 Å². The Balaban J connectivity index is 1.56. The average molecular weight is 363 g/mol. The second kappa shape index (κ2) is 8.69. The van der Waals surface area contributed by atoms with E-state index >= 15 is 0 Å². The number of anilines is 1. The highest BCUT2D eigenvalue weighted by Crippen LogP contribution is 2.39. The highest BCUT2D eigenvalue weighted by Gasteiger charge is 2.33. The van der Waals surface area contributed by atoms with Crippen LogP contribution in [0.4, 0.5) is 5.69 Å². The maximum absolute atomic E-state index is 12.7. The molecule has 1 fully saturated rings. The van der Waals surface area contributed by atoms with Crippen molar-refractivity contribution in [3.05, 3.63) is 24.3 Å². The lowest BCUT2D eigenvalue weighted by Crippen LogP contribution is -2.48. The van der Waals surface area contributed by atoms with E-state index in [1.54, 1.807) is 16.7 Å². The molecule has 2 heterocycles. The molecule has 1 N–H and O–H groups in total. The predicted molar refractivity (Wildman–Crippen MR) is 99.0 cm³/mol. The number of hydrogen-bond donors (Lipinski definition) is 1. The number of para-hydroxylation sites is 1. The standard InChI is InChI=1S/C18H25N3O3S/c1-2-15-18(23)21(14-5-3-4-6-16(14)25-15)13-17(22)19-7-8-20-9-11-24-12-10-20/h3-6,15H,2,7-13H2,1H3,(H,19,22). The van der Waals surface area contributed by atoms with Gasteiger partial charge in [-0.05, 0) is 18.6 Å². The van der Waals surface area contributed by atoms with Crippen molar-refractivity contribution in [1.82, 2.24) is 10.2 Å². The summed E-state index contributed by atoms with van der Waals surface area (Å²) >= 11 is 1.59. The van der Waals surface area contributed by atoms with E-state index in [1.165, 1.54) is 0 Å². The minimum absolute atomic E-state index is 0.0227. The van der Waals surface area contributed by atoms with Crippen LogP contribution in [0.5, 0.6) is 0 Å². The first kappa shape index (κ1) is 18.2. The lowest BCUT2D eigenvalue weighted by Gasteiger charge is -2.33. The molecule has 3 rings (SSSR count). The number of ether oxygens (including phenoxy) is 1. The Morgan fingerprint density at radius 3 is 2.84 bits per heavy atom. The van der Waals surface area contributed by atoms with Crippen molar-refractivity contribution >= 4 is 29.3 Å². The zero-order chi connectivity index (χ0) is 17.6. The quantitative estimate of drug-likeness (QED) is 0.827. The molecule has 6 nitrogen and oxygen atoms in total. The molecule has 0 saturated carbocycles. The van der Waals surface area contributed by atoms with Gasteiger partial charge in [-0.2, -0.15) is 0 Å². The van der Waals surface area contributed by atoms with E-state index in [0.29, 0.717) is 6.54 Å². The van der Waals surface area contributed by atoms with Gasteiger partial charge in [0.2, 0.25) is 11.8 Å². The summed E-state index contributed by atoms with van der Waals surface area (Å²) < 4.78 is 5.32. The Hall–Kier alpha value is -1.57. The van der Waals surface area contributed by atoms with Crippen LogP contribution in [0, 0.1) is 0 Å². The number of nitrogens with one attached hydrogen (secondary N) is 1. The molecule has 25 heavy (non-hydrogen) atoms. The zero-order valence-electron chi connectivity index (χ0n) is 14.6. The molecule has 2 aliphatic heterocycles. The Kier molecular flexibility index (Phi) is 6.34. The number of thioether (sulfide) groups is 1. The first-order chi connectivity index (χ1) is 12.2. The SMILES string of the molecule is CCC1Sc2ccccc2N(CC(=O)NCCN2CCOCC2)C1=O. The molecule has 1 saturated heterocycles. The van der Waals surface area contributed by atoms with Crippen molar-refractivity contribution in [3.63, 3.8) is 0 Å². The molecule has 2 aliphatic rings. The molecule has 1 aromatic carbocycles. The molecule has 1 aromatic rings. The van der Waals surface area contributed by atoms with Crippen molar-refractivity contribution < 1.29 is 14.3 Å². The molecule has 0 bridgehead atoms. The third-order valence-electron chi connectivity index (χ3n) is 4.49. The number of carbonyl (C=O) groups excluding carboxylic acids is 2. The van der Waals surface area contributed by atoms with Gasteiger partial charge < -0.3 is 15.0 Å². The Bertz CT molecular complexity index is 619. The number of morpholine rings is 1. The monoisotopic (exact) mass is 363 g/mol. The molecule has 1 atom stereocenters. The molecule has 0 aromatic heterocycles. The average Bonchev–Trinajstić information content (AvgIpc) is 2.64. The summed E-state index contributed by atoms with van der Waals surface area (Å²) in [6.07, 6.45) is 0.757. The normalized spacial score (nSPS) is 21.1. The van der Waals surface area contributed by atoms with Gasteiger partial charge in [0.1, 0.15) is 6.54 Å². The summed E-state index contributed by atoms with van der Waals surface area (Å²) in [5, 5.41) is 2.82. The Morgan fingerprint density at radius 2 is 2.08 bits per heavy atom. The van der Waals surface area contributed by atoms with Crippen LogP contribution < -0.4 is 10.2 Å². The van der Waals surface area contributed by atoms with E-state index in [4.69, 9.17) is 4.74 Å². The lowest BCUT2D eigenvalue weighted by molar-refractivity contribution is -0.123. The number of fused-ring (bicyclic) bond motifs is 1. The first-order valence-electron chi connectivity index (χ1n) is 8.83. The second-order valence-electron chi connectivity index (χ2n) is 6.21. The predicted octanol–water partition coefficient (Wildman–Crippen LogP) is 1.35. The van der Waals surface area contributed by atoms with Gasteiger partial charge in [0.05, 0.1) is 24.2 Å². The molecule has 7 heteroatoms. The minimum atomic E-state index is -0.115. The first-order valence-corrected chi connectivity index (χ1v) is 9.71. The molecule has 0 radical (unpaired) electrons. The van der Waals surface area contributed by atoms with Crippen LogP contribution in [0.1, 0.15) is 13.3 Å². The minimum Gasteiger partial charge on any atom is -0.379 e. The van der Waals surface area contributed by atoms with Crippen LogP contribution >= 0.6 is 11.8 Å². The van der Waals surface area contributed by atoms with Crippen LogP contribution in [-0.2, 0) is 14.3 Å². The fraction of sp³-hybridized carbons (Fsp3) is 0.556. The Labute approximate surface area is 152 Å². The fourth-order valence-corrected chi connectivity index (χ4v) is 4.23. The van der Waals surface area contributed by atoms with Gasteiger partial charge in [0.15, 0.2) is 0 Å². The topological polar surface area (TPSA) is 61.9 Å². The van der Waals surface area contributed by atoms with Crippen LogP contribution in [0.3, 0.4) is 0 Å².